The molecule has 2 N–H and O–H groups in total. The van der Waals surface area contributed by atoms with Crippen molar-refractivity contribution in [2.24, 2.45) is 10.9 Å². The summed E-state index contributed by atoms with van der Waals surface area (Å²) in [5, 5.41) is 3.52. The van der Waals surface area contributed by atoms with Crippen LogP contribution >= 0.6 is 0 Å². The van der Waals surface area contributed by atoms with Crippen LogP contribution in [0.1, 0.15) is 40.9 Å². The number of nitrogens with zero attached hydrogens (tertiary/aromatic N) is 2. The number of ether oxygens (including phenoxy) is 2. The number of fused-ring (bicyclic) bond motifs is 1. The van der Waals surface area contributed by atoms with E-state index in [1.54, 1.807) is 41.3 Å². The van der Waals surface area contributed by atoms with Crippen molar-refractivity contribution in [3.05, 3.63) is 58.7 Å². The van der Waals surface area contributed by atoms with Gasteiger partial charge < -0.3 is 20.2 Å². The Morgan fingerprint density at radius 2 is 1.66 bits per heavy atom. The summed E-state index contributed by atoms with van der Waals surface area (Å²) in [6, 6.07) is 10.4. The maximum atomic E-state index is 13.0. The molecular formula is C21H21N3O5. The second-order valence-corrected chi connectivity index (χ2v) is 6.60. The quantitative estimate of drug-likeness (QED) is 0.279. The molecule has 29 heavy (non-hydrogen) atoms. The van der Waals surface area contributed by atoms with Crippen molar-refractivity contribution < 1.29 is 23.9 Å². The van der Waals surface area contributed by atoms with Gasteiger partial charge in [0.05, 0.1) is 6.21 Å². The van der Waals surface area contributed by atoms with Crippen LogP contribution in [-0.4, -0.2) is 35.5 Å². The SMILES string of the molecule is CC(=O)Oc1cc2c(cc1OC(C)=O)CN(C(=O)c1ccccc1C=NN)CC2. The van der Waals surface area contributed by atoms with Crippen LogP contribution in [0.4, 0.5) is 0 Å². The summed E-state index contributed by atoms with van der Waals surface area (Å²) in [5.74, 6) is 4.39. The number of nitrogens with two attached hydrogens (primary N) is 1. The molecule has 0 aliphatic carbocycles. The topological polar surface area (TPSA) is 111 Å². The van der Waals surface area contributed by atoms with Gasteiger partial charge in [0, 0.05) is 38.1 Å². The average molecular weight is 395 g/mol. The second kappa shape index (κ2) is 8.55. The lowest BCUT2D eigenvalue weighted by molar-refractivity contribution is -0.134. The van der Waals surface area contributed by atoms with E-state index in [1.807, 2.05) is 0 Å². The van der Waals surface area contributed by atoms with Gasteiger partial charge in [-0.25, -0.2) is 0 Å². The molecule has 0 saturated carbocycles. The predicted molar refractivity (Wildman–Crippen MR) is 106 cm³/mol. The van der Waals surface area contributed by atoms with Crippen molar-refractivity contribution in [3.8, 4) is 11.5 Å². The standard InChI is InChI=1S/C21H21N3O5/c1-13(25)28-19-9-15-7-8-24(12-17(15)10-20(19)29-14(2)26)21(27)18-6-4-3-5-16(18)11-23-22/h3-6,9-11H,7-8,12,22H2,1-2H3. The van der Waals surface area contributed by atoms with E-state index in [-0.39, 0.29) is 17.4 Å². The molecule has 1 amide bonds. The van der Waals surface area contributed by atoms with Crippen molar-refractivity contribution in [2.45, 2.75) is 26.8 Å². The molecular weight excluding hydrogens is 374 g/mol. The first-order valence-corrected chi connectivity index (χ1v) is 9.03. The molecule has 3 rings (SSSR count). The highest BCUT2D eigenvalue weighted by atomic mass is 16.6. The van der Waals surface area contributed by atoms with E-state index in [9.17, 15) is 14.4 Å². The van der Waals surface area contributed by atoms with Crippen LogP contribution in [0.2, 0.25) is 0 Å². The molecule has 0 radical (unpaired) electrons. The summed E-state index contributed by atoms with van der Waals surface area (Å²) in [6.45, 7) is 3.37. The number of hydrogen-bond donors (Lipinski definition) is 1. The fourth-order valence-corrected chi connectivity index (χ4v) is 3.26. The lowest BCUT2D eigenvalue weighted by Gasteiger charge is -2.30. The van der Waals surface area contributed by atoms with Gasteiger partial charge in [-0.1, -0.05) is 18.2 Å². The number of esters is 2. The van der Waals surface area contributed by atoms with E-state index in [2.05, 4.69) is 5.10 Å². The van der Waals surface area contributed by atoms with Gasteiger partial charge in [0.2, 0.25) is 0 Å². The van der Waals surface area contributed by atoms with E-state index in [4.69, 9.17) is 15.3 Å². The summed E-state index contributed by atoms with van der Waals surface area (Å²) >= 11 is 0. The zero-order valence-electron chi connectivity index (χ0n) is 16.2. The van der Waals surface area contributed by atoms with Crippen LogP contribution in [0.15, 0.2) is 41.5 Å². The van der Waals surface area contributed by atoms with Gasteiger partial charge in [-0.3, -0.25) is 14.4 Å². The highest BCUT2D eigenvalue weighted by Crippen LogP contribution is 2.34. The minimum Gasteiger partial charge on any atom is -0.423 e. The molecule has 1 aliphatic heterocycles. The Bertz CT molecular complexity index is 1000. The summed E-state index contributed by atoms with van der Waals surface area (Å²) < 4.78 is 10.4. The van der Waals surface area contributed by atoms with Crippen molar-refractivity contribution >= 4 is 24.1 Å². The van der Waals surface area contributed by atoms with E-state index in [1.165, 1.54) is 20.1 Å². The van der Waals surface area contributed by atoms with Crippen LogP contribution in [0.3, 0.4) is 0 Å². The minimum atomic E-state index is -0.530. The number of carbonyl (C=O) groups excluding carboxylic acids is 3. The molecule has 2 aromatic rings. The summed E-state index contributed by atoms with van der Waals surface area (Å²) in [6.07, 6.45) is 2.01. The lowest BCUT2D eigenvalue weighted by Crippen LogP contribution is -2.36. The summed E-state index contributed by atoms with van der Waals surface area (Å²) in [5.41, 5.74) is 2.89. The molecule has 0 unspecified atom stereocenters. The monoisotopic (exact) mass is 395 g/mol. The van der Waals surface area contributed by atoms with Crippen LogP contribution in [-0.2, 0) is 22.6 Å². The van der Waals surface area contributed by atoms with E-state index < -0.39 is 11.9 Å². The molecule has 0 atom stereocenters. The fraction of sp³-hybridized carbons (Fsp3) is 0.238. The third-order valence-electron chi connectivity index (χ3n) is 4.48. The van der Waals surface area contributed by atoms with Crippen molar-refractivity contribution in [3.63, 3.8) is 0 Å². The molecule has 1 heterocycles. The van der Waals surface area contributed by atoms with E-state index in [0.29, 0.717) is 30.6 Å². The maximum Gasteiger partial charge on any atom is 0.308 e. The molecule has 8 nitrogen and oxygen atoms in total. The van der Waals surface area contributed by atoms with E-state index in [0.717, 1.165) is 11.1 Å². The molecule has 0 saturated heterocycles. The minimum absolute atomic E-state index is 0.149. The smallest absolute Gasteiger partial charge is 0.308 e. The summed E-state index contributed by atoms with van der Waals surface area (Å²) in [4.78, 5) is 37.5. The normalized spacial score (nSPS) is 13.1. The Labute approximate surface area is 167 Å². The van der Waals surface area contributed by atoms with Crippen molar-refractivity contribution in [1.29, 1.82) is 0 Å². The zero-order valence-corrected chi connectivity index (χ0v) is 16.2. The molecule has 0 fully saturated rings. The Hall–Kier alpha value is -3.68. The van der Waals surface area contributed by atoms with Crippen LogP contribution in [0, 0.1) is 0 Å². The number of hydrogen-bond acceptors (Lipinski definition) is 7. The fourth-order valence-electron chi connectivity index (χ4n) is 3.26. The molecule has 8 heteroatoms. The first kappa shape index (κ1) is 20.1. The number of hydrazone groups is 1. The molecule has 0 bridgehead atoms. The third-order valence-corrected chi connectivity index (χ3v) is 4.48. The number of amides is 1. The molecule has 1 aliphatic rings. The Morgan fingerprint density at radius 3 is 2.28 bits per heavy atom. The zero-order chi connectivity index (χ0) is 21.0. The van der Waals surface area contributed by atoms with Gasteiger partial charge in [0.15, 0.2) is 11.5 Å². The average Bonchev–Trinajstić information content (AvgIpc) is 2.67. The largest absolute Gasteiger partial charge is 0.423 e. The van der Waals surface area contributed by atoms with Gasteiger partial charge in [-0.15, -0.1) is 0 Å². The van der Waals surface area contributed by atoms with Gasteiger partial charge in [-0.2, -0.15) is 5.10 Å². The number of benzene rings is 2. The van der Waals surface area contributed by atoms with Gasteiger partial charge >= 0.3 is 11.9 Å². The van der Waals surface area contributed by atoms with Crippen LogP contribution in [0.5, 0.6) is 11.5 Å². The highest BCUT2D eigenvalue weighted by Gasteiger charge is 2.25. The first-order chi connectivity index (χ1) is 13.9. The molecule has 0 aromatic heterocycles. The third kappa shape index (κ3) is 4.60. The van der Waals surface area contributed by atoms with Gasteiger partial charge in [0.1, 0.15) is 0 Å². The first-order valence-electron chi connectivity index (χ1n) is 9.03. The van der Waals surface area contributed by atoms with E-state index >= 15 is 0 Å². The predicted octanol–water partition coefficient (Wildman–Crippen LogP) is 2.03. The van der Waals surface area contributed by atoms with Gasteiger partial charge in [0.25, 0.3) is 5.91 Å². The molecule has 2 aromatic carbocycles. The second-order valence-electron chi connectivity index (χ2n) is 6.60. The van der Waals surface area contributed by atoms with Gasteiger partial charge in [-0.05, 0) is 35.7 Å². The Morgan fingerprint density at radius 1 is 1.03 bits per heavy atom. The number of rotatable bonds is 4. The Balaban J connectivity index is 1.91. The lowest BCUT2D eigenvalue weighted by atomic mass is 9.97. The number of carbonyl (C=O) groups is 3. The van der Waals surface area contributed by atoms with Crippen LogP contribution < -0.4 is 15.3 Å². The summed E-state index contributed by atoms with van der Waals surface area (Å²) in [7, 11) is 0. The molecule has 150 valence electrons. The van der Waals surface area contributed by atoms with Crippen molar-refractivity contribution in [1.82, 2.24) is 4.90 Å². The molecule has 0 spiro atoms. The highest BCUT2D eigenvalue weighted by molar-refractivity contribution is 6.02. The van der Waals surface area contributed by atoms with Crippen LogP contribution in [0.25, 0.3) is 0 Å². The maximum absolute atomic E-state index is 13.0. The van der Waals surface area contributed by atoms with Crippen molar-refractivity contribution in [2.75, 3.05) is 6.54 Å². The Kier molecular flexibility index (Phi) is 5.92.